The van der Waals surface area contributed by atoms with Crippen LogP contribution in [-0.2, 0) is 4.79 Å². The van der Waals surface area contributed by atoms with Crippen LogP contribution in [-0.4, -0.2) is 11.9 Å². The molecule has 1 aliphatic rings. The van der Waals surface area contributed by atoms with E-state index in [-0.39, 0.29) is 17.8 Å². The summed E-state index contributed by atoms with van der Waals surface area (Å²) in [4.78, 5) is 11.3. The Morgan fingerprint density at radius 2 is 2.29 bits per heavy atom. The number of hydrogen-bond acceptors (Lipinski definition) is 2. The van der Waals surface area contributed by atoms with Crippen LogP contribution >= 0.6 is 0 Å². The van der Waals surface area contributed by atoms with Gasteiger partial charge in [-0.3, -0.25) is 4.79 Å². The fourth-order valence-electron chi connectivity index (χ4n) is 1.55. The number of anilines is 2. The van der Waals surface area contributed by atoms with E-state index >= 15 is 0 Å². The zero-order valence-electron chi connectivity index (χ0n) is 7.80. The predicted octanol–water partition coefficient (Wildman–Crippen LogP) is 1.97. The number of hydrogen-bond donors (Lipinski definition) is 2. The molecule has 0 fully saturated rings. The van der Waals surface area contributed by atoms with Crippen molar-refractivity contribution in [2.75, 3.05) is 10.6 Å². The third kappa shape index (κ3) is 1.55. The van der Waals surface area contributed by atoms with Crippen molar-refractivity contribution < 1.29 is 9.18 Å². The van der Waals surface area contributed by atoms with Gasteiger partial charge in [0.05, 0.1) is 11.4 Å². The van der Waals surface area contributed by atoms with Crippen LogP contribution in [0.15, 0.2) is 18.2 Å². The zero-order valence-corrected chi connectivity index (χ0v) is 7.80. The smallest absolute Gasteiger partial charge is 0.226 e. The van der Waals surface area contributed by atoms with Crippen molar-refractivity contribution in [1.82, 2.24) is 0 Å². The molecular weight excluding hydrogens is 183 g/mol. The fourth-order valence-corrected chi connectivity index (χ4v) is 1.55. The molecule has 1 aromatic carbocycles. The highest BCUT2D eigenvalue weighted by Crippen LogP contribution is 2.28. The molecule has 0 saturated heterocycles. The first-order chi connectivity index (χ1) is 6.66. The summed E-state index contributed by atoms with van der Waals surface area (Å²) in [6, 6.07) is 4.58. The SMILES string of the molecule is CC1CC(=O)Nc2cccc(F)c2N1. The zero-order chi connectivity index (χ0) is 10.1. The van der Waals surface area contributed by atoms with Crippen LogP contribution < -0.4 is 10.6 Å². The first-order valence-electron chi connectivity index (χ1n) is 4.51. The third-order valence-corrected chi connectivity index (χ3v) is 2.17. The minimum absolute atomic E-state index is 0.0480. The van der Waals surface area contributed by atoms with E-state index in [1.807, 2.05) is 6.92 Å². The van der Waals surface area contributed by atoms with Gasteiger partial charge in [-0.25, -0.2) is 4.39 Å². The molecule has 4 heteroatoms. The maximum absolute atomic E-state index is 13.3. The van der Waals surface area contributed by atoms with E-state index in [0.717, 1.165) is 0 Å². The van der Waals surface area contributed by atoms with Gasteiger partial charge in [-0.15, -0.1) is 0 Å². The maximum atomic E-state index is 13.3. The van der Waals surface area contributed by atoms with Gasteiger partial charge in [0.1, 0.15) is 5.82 Å². The number of benzene rings is 1. The molecule has 2 N–H and O–H groups in total. The molecule has 0 radical (unpaired) electrons. The second kappa shape index (κ2) is 3.29. The van der Waals surface area contributed by atoms with Crippen LogP contribution in [0.25, 0.3) is 0 Å². The van der Waals surface area contributed by atoms with Gasteiger partial charge in [0.25, 0.3) is 0 Å². The minimum atomic E-state index is -0.337. The summed E-state index contributed by atoms with van der Waals surface area (Å²) in [5.74, 6) is -0.425. The number of para-hydroxylation sites is 1. The summed E-state index contributed by atoms with van der Waals surface area (Å²) in [6.45, 7) is 1.85. The van der Waals surface area contributed by atoms with Crippen LogP contribution in [0.5, 0.6) is 0 Å². The molecule has 1 amide bonds. The van der Waals surface area contributed by atoms with Gasteiger partial charge in [0, 0.05) is 12.5 Å². The second-order valence-corrected chi connectivity index (χ2v) is 3.46. The molecule has 0 aliphatic carbocycles. The summed E-state index contributed by atoms with van der Waals surface area (Å²) < 4.78 is 13.3. The van der Waals surface area contributed by atoms with Crippen LogP contribution in [0.2, 0.25) is 0 Å². The minimum Gasteiger partial charge on any atom is -0.378 e. The average Bonchev–Trinajstić information content (AvgIpc) is 2.23. The quantitative estimate of drug-likeness (QED) is 0.663. The third-order valence-electron chi connectivity index (χ3n) is 2.17. The number of halogens is 1. The first kappa shape index (κ1) is 8.99. The Labute approximate surface area is 81.3 Å². The van der Waals surface area contributed by atoms with E-state index in [1.54, 1.807) is 12.1 Å². The Balaban J connectivity index is 2.46. The highest BCUT2D eigenvalue weighted by Gasteiger charge is 2.19. The highest BCUT2D eigenvalue weighted by atomic mass is 19.1. The number of carbonyl (C=O) groups excluding carboxylic acids is 1. The van der Waals surface area contributed by atoms with Crippen molar-refractivity contribution in [3.63, 3.8) is 0 Å². The lowest BCUT2D eigenvalue weighted by atomic mass is 10.2. The van der Waals surface area contributed by atoms with E-state index in [0.29, 0.717) is 17.8 Å². The predicted molar refractivity (Wildman–Crippen MR) is 52.7 cm³/mol. The monoisotopic (exact) mass is 194 g/mol. The van der Waals surface area contributed by atoms with Crippen molar-refractivity contribution in [2.45, 2.75) is 19.4 Å². The largest absolute Gasteiger partial charge is 0.378 e. The molecule has 1 heterocycles. The van der Waals surface area contributed by atoms with Gasteiger partial charge in [0.15, 0.2) is 0 Å². The lowest BCUT2D eigenvalue weighted by molar-refractivity contribution is -0.116. The van der Waals surface area contributed by atoms with Crippen molar-refractivity contribution in [2.24, 2.45) is 0 Å². The van der Waals surface area contributed by atoms with Crippen LogP contribution in [0.3, 0.4) is 0 Å². The van der Waals surface area contributed by atoms with Crippen LogP contribution in [0, 0.1) is 5.82 Å². The normalized spacial score (nSPS) is 20.4. The standard InChI is InChI=1S/C10H11FN2O/c1-6-5-9(14)13-8-4-2-3-7(11)10(8)12-6/h2-4,6,12H,5H2,1H3,(H,13,14). The van der Waals surface area contributed by atoms with Crippen molar-refractivity contribution >= 4 is 17.3 Å². The topological polar surface area (TPSA) is 41.1 Å². The summed E-state index contributed by atoms with van der Waals surface area (Å²) >= 11 is 0. The number of amides is 1. The highest BCUT2D eigenvalue weighted by molar-refractivity contribution is 5.96. The van der Waals surface area contributed by atoms with E-state index in [4.69, 9.17) is 0 Å². The van der Waals surface area contributed by atoms with E-state index in [1.165, 1.54) is 6.07 Å². The van der Waals surface area contributed by atoms with Gasteiger partial charge in [-0.1, -0.05) is 6.07 Å². The molecule has 0 bridgehead atoms. The number of fused-ring (bicyclic) bond motifs is 1. The summed E-state index contributed by atoms with van der Waals surface area (Å²) in [6.07, 6.45) is 0.355. The molecule has 1 aliphatic heterocycles. The number of nitrogens with one attached hydrogen (secondary N) is 2. The molecule has 1 aromatic rings. The Morgan fingerprint density at radius 3 is 3.07 bits per heavy atom. The molecule has 74 valence electrons. The Kier molecular flexibility index (Phi) is 2.11. The lowest BCUT2D eigenvalue weighted by Gasteiger charge is -2.11. The number of carbonyl (C=O) groups is 1. The van der Waals surface area contributed by atoms with Gasteiger partial charge in [0.2, 0.25) is 5.91 Å². The van der Waals surface area contributed by atoms with Gasteiger partial charge in [-0.2, -0.15) is 0 Å². The van der Waals surface area contributed by atoms with E-state index in [9.17, 15) is 9.18 Å². The molecule has 0 spiro atoms. The van der Waals surface area contributed by atoms with Crippen molar-refractivity contribution in [1.29, 1.82) is 0 Å². The lowest BCUT2D eigenvalue weighted by Crippen LogP contribution is -2.19. The Hall–Kier alpha value is -1.58. The molecule has 1 unspecified atom stereocenters. The second-order valence-electron chi connectivity index (χ2n) is 3.46. The number of rotatable bonds is 0. The maximum Gasteiger partial charge on any atom is 0.226 e. The Morgan fingerprint density at radius 1 is 1.50 bits per heavy atom. The molecule has 3 nitrogen and oxygen atoms in total. The van der Waals surface area contributed by atoms with Crippen LogP contribution in [0.4, 0.5) is 15.8 Å². The molecule has 1 atom stereocenters. The molecular formula is C10H11FN2O. The van der Waals surface area contributed by atoms with Gasteiger partial charge in [-0.05, 0) is 19.1 Å². The summed E-state index contributed by atoms with van der Waals surface area (Å²) in [5.41, 5.74) is 0.894. The fraction of sp³-hybridized carbons (Fsp3) is 0.300. The molecule has 2 rings (SSSR count). The van der Waals surface area contributed by atoms with Gasteiger partial charge < -0.3 is 10.6 Å². The van der Waals surface area contributed by atoms with Crippen molar-refractivity contribution in [3.05, 3.63) is 24.0 Å². The first-order valence-corrected chi connectivity index (χ1v) is 4.51. The Bertz CT molecular complexity index is 378. The van der Waals surface area contributed by atoms with Gasteiger partial charge >= 0.3 is 0 Å². The molecule has 14 heavy (non-hydrogen) atoms. The average molecular weight is 194 g/mol. The van der Waals surface area contributed by atoms with E-state index in [2.05, 4.69) is 10.6 Å². The molecule has 0 aromatic heterocycles. The van der Waals surface area contributed by atoms with E-state index < -0.39 is 0 Å². The summed E-state index contributed by atoms with van der Waals surface area (Å²) in [5, 5.41) is 5.61. The van der Waals surface area contributed by atoms with Crippen LogP contribution in [0.1, 0.15) is 13.3 Å². The summed E-state index contributed by atoms with van der Waals surface area (Å²) in [7, 11) is 0. The molecule has 0 saturated carbocycles. The van der Waals surface area contributed by atoms with Crippen molar-refractivity contribution in [3.8, 4) is 0 Å².